The summed E-state index contributed by atoms with van der Waals surface area (Å²) in [6, 6.07) is 3.39. The predicted molar refractivity (Wildman–Crippen MR) is 130 cm³/mol. The summed E-state index contributed by atoms with van der Waals surface area (Å²) in [6.45, 7) is 5.00. The maximum absolute atomic E-state index is 14.8. The molecular weight excluding hydrogens is 471 g/mol. The average molecular weight is 502 g/mol. The number of anilines is 2. The fourth-order valence-corrected chi connectivity index (χ4v) is 5.86. The number of ether oxygens (including phenoxy) is 1. The minimum atomic E-state index is -2.90. The number of fused-ring (bicyclic) bond motifs is 1. The van der Waals surface area contributed by atoms with E-state index in [1.807, 2.05) is 22.9 Å². The number of nitrogens with one attached hydrogen (secondary N) is 1. The van der Waals surface area contributed by atoms with Gasteiger partial charge in [0.1, 0.15) is 29.4 Å². The van der Waals surface area contributed by atoms with Gasteiger partial charge in [-0.1, -0.05) is 18.2 Å². The molecule has 1 spiro atoms. The quantitative estimate of drug-likeness (QED) is 0.625. The molecule has 2 atom stereocenters. The molecule has 2 fully saturated rings. The number of carbonyl (C=O) groups excluding carboxylic acids is 1. The monoisotopic (exact) mass is 501 g/mol. The van der Waals surface area contributed by atoms with Crippen molar-refractivity contribution < 1.29 is 22.7 Å². The van der Waals surface area contributed by atoms with Gasteiger partial charge in [0, 0.05) is 45.1 Å². The molecule has 1 saturated heterocycles. The lowest BCUT2D eigenvalue weighted by Crippen LogP contribution is -2.48. The molecule has 2 aliphatic heterocycles. The average Bonchev–Trinajstić information content (AvgIpc) is 3.54. The maximum atomic E-state index is 14.8. The van der Waals surface area contributed by atoms with Crippen LogP contribution in [0.15, 0.2) is 30.1 Å². The fourth-order valence-electron chi connectivity index (χ4n) is 5.86. The molecule has 1 aromatic carbocycles. The zero-order chi connectivity index (χ0) is 25.8. The molecular formula is C26H30F3N5O2. The van der Waals surface area contributed by atoms with Crippen LogP contribution in [0.25, 0.3) is 6.08 Å². The Hall–Kier alpha value is -3.14. The van der Waals surface area contributed by atoms with Crippen molar-refractivity contribution in [3.63, 3.8) is 0 Å². The van der Waals surface area contributed by atoms with Gasteiger partial charge < -0.3 is 19.9 Å². The zero-order valence-corrected chi connectivity index (χ0v) is 20.8. The largest absolute Gasteiger partial charge is 0.371 e. The number of hydrogen-bond donors (Lipinski definition) is 1. The van der Waals surface area contributed by atoms with E-state index >= 15 is 0 Å². The summed E-state index contributed by atoms with van der Waals surface area (Å²) in [5.74, 6) is 0.268. The highest BCUT2D eigenvalue weighted by Crippen LogP contribution is 2.63. The summed E-state index contributed by atoms with van der Waals surface area (Å²) in [5.41, 5.74) is 0.505. The number of hydrogen-bond acceptors (Lipinski definition) is 6. The molecule has 1 amide bonds. The van der Waals surface area contributed by atoms with Crippen LogP contribution in [0.2, 0.25) is 0 Å². The molecule has 7 nitrogen and oxygen atoms in total. The van der Waals surface area contributed by atoms with E-state index in [0.717, 1.165) is 24.5 Å². The number of likely N-dealkylation sites (N-methyl/N-ethyl adjacent to an activating group) is 1. The lowest BCUT2D eigenvalue weighted by atomic mass is 9.78. The highest BCUT2D eigenvalue weighted by Gasteiger charge is 2.67. The first-order valence-corrected chi connectivity index (χ1v) is 12.0. The molecule has 5 rings (SSSR count). The third kappa shape index (κ3) is 3.73. The van der Waals surface area contributed by atoms with Gasteiger partial charge in [-0.2, -0.15) is 0 Å². The summed E-state index contributed by atoms with van der Waals surface area (Å²) >= 11 is 0. The molecule has 1 saturated carbocycles. The first-order valence-electron chi connectivity index (χ1n) is 12.0. The molecule has 3 heterocycles. The molecule has 192 valence electrons. The Labute approximate surface area is 208 Å². The van der Waals surface area contributed by atoms with Crippen LogP contribution in [-0.4, -0.2) is 60.2 Å². The molecule has 36 heavy (non-hydrogen) atoms. The molecule has 3 aliphatic rings. The Bertz CT molecular complexity index is 1230. The number of nitrogens with zero attached hydrogens (tertiary/aromatic N) is 4. The van der Waals surface area contributed by atoms with Crippen LogP contribution in [0, 0.1) is 11.2 Å². The van der Waals surface area contributed by atoms with Crippen LogP contribution in [0.3, 0.4) is 0 Å². The molecule has 1 aliphatic carbocycles. The van der Waals surface area contributed by atoms with E-state index in [9.17, 15) is 18.0 Å². The van der Waals surface area contributed by atoms with Crippen molar-refractivity contribution in [2.75, 3.05) is 44.0 Å². The summed E-state index contributed by atoms with van der Waals surface area (Å²) in [5, 5.41) is 3.21. The van der Waals surface area contributed by atoms with Crippen LogP contribution in [0.5, 0.6) is 0 Å². The second-order valence-corrected chi connectivity index (χ2v) is 10.1. The van der Waals surface area contributed by atoms with Crippen LogP contribution >= 0.6 is 0 Å². The van der Waals surface area contributed by atoms with E-state index in [1.165, 1.54) is 18.5 Å². The number of methoxy groups -OCH3 is 1. The highest BCUT2D eigenvalue weighted by molar-refractivity contribution is 5.80. The first-order chi connectivity index (χ1) is 17.1. The number of rotatable bonds is 6. The van der Waals surface area contributed by atoms with E-state index in [4.69, 9.17) is 4.74 Å². The van der Waals surface area contributed by atoms with Gasteiger partial charge in [0.15, 0.2) is 0 Å². The number of likely N-dealkylation sites (tertiary alicyclic amines) is 1. The predicted octanol–water partition coefficient (Wildman–Crippen LogP) is 4.59. The maximum Gasteiger partial charge on any atom is 0.266 e. The Morgan fingerprint density at radius 1 is 1.19 bits per heavy atom. The van der Waals surface area contributed by atoms with E-state index in [2.05, 4.69) is 15.3 Å². The fraction of sp³-hybridized carbons (Fsp3) is 0.500. The molecule has 1 aromatic heterocycles. The van der Waals surface area contributed by atoms with Crippen molar-refractivity contribution in [2.24, 2.45) is 5.41 Å². The number of amides is 1. The molecule has 0 bridgehead atoms. The Morgan fingerprint density at radius 2 is 1.92 bits per heavy atom. The molecule has 2 aromatic rings. The van der Waals surface area contributed by atoms with E-state index in [0.29, 0.717) is 36.8 Å². The molecule has 10 heteroatoms. The lowest BCUT2D eigenvalue weighted by molar-refractivity contribution is -0.128. The van der Waals surface area contributed by atoms with Gasteiger partial charge in [-0.05, 0) is 31.4 Å². The molecule has 0 radical (unpaired) electrons. The summed E-state index contributed by atoms with van der Waals surface area (Å²) in [6.07, 6.45) is 2.50. The van der Waals surface area contributed by atoms with Gasteiger partial charge in [0.25, 0.3) is 6.43 Å². The number of aromatic nitrogens is 2. The minimum Gasteiger partial charge on any atom is -0.371 e. The van der Waals surface area contributed by atoms with Crippen LogP contribution in [-0.2, 0) is 9.53 Å². The van der Waals surface area contributed by atoms with Crippen molar-refractivity contribution in [1.82, 2.24) is 14.9 Å². The third-order valence-corrected chi connectivity index (χ3v) is 7.99. The number of benzene rings is 1. The SMILES string of the molecule is COC1(C2=Cc3c(N[C@H](C)c4cccc(C(F)F)c4F)ncnc3N(C)C2)CN(C(C)=O)CC12CC2. The standard InChI is InChI=1S/C26H30F3N5O2/c1-15(18-6-5-7-19(21(18)27)22(28)29)32-23-20-10-17(11-33(3)24(20)31-14-30-23)26(36-4)13-34(16(2)35)12-25(26)8-9-25/h5-7,10,14-15,22H,8-9,11-13H2,1-4H3,(H,30,31,32)/t15-,26?/m1/s1. The van der Waals surface area contributed by atoms with Crippen molar-refractivity contribution >= 4 is 23.6 Å². The smallest absolute Gasteiger partial charge is 0.266 e. The van der Waals surface area contributed by atoms with E-state index < -0.39 is 29.4 Å². The van der Waals surface area contributed by atoms with Crippen molar-refractivity contribution in [3.05, 3.63) is 52.6 Å². The number of alkyl halides is 2. The van der Waals surface area contributed by atoms with Gasteiger partial charge in [-0.15, -0.1) is 0 Å². The van der Waals surface area contributed by atoms with Crippen molar-refractivity contribution in [1.29, 1.82) is 0 Å². The topological polar surface area (TPSA) is 70.6 Å². The lowest BCUT2D eigenvalue weighted by Gasteiger charge is -2.40. The molecule has 1 N–H and O–H groups in total. The molecule has 1 unspecified atom stereocenters. The number of carbonyl (C=O) groups is 1. The second kappa shape index (κ2) is 8.76. The van der Waals surface area contributed by atoms with E-state index in [-0.39, 0.29) is 16.9 Å². The first kappa shape index (κ1) is 24.5. The highest BCUT2D eigenvalue weighted by atomic mass is 19.3. The normalized spacial score (nSPS) is 23.1. The summed E-state index contributed by atoms with van der Waals surface area (Å²) < 4.78 is 47.5. The Kier molecular flexibility index (Phi) is 5.97. The van der Waals surface area contributed by atoms with Crippen molar-refractivity contribution in [3.8, 4) is 0 Å². The van der Waals surface area contributed by atoms with Gasteiger partial charge in [-0.3, -0.25) is 4.79 Å². The summed E-state index contributed by atoms with van der Waals surface area (Å²) in [4.78, 5) is 25.0. The van der Waals surface area contributed by atoms with Gasteiger partial charge >= 0.3 is 0 Å². The van der Waals surface area contributed by atoms with Gasteiger partial charge in [0.05, 0.1) is 23.7 Å². The Morgan fingerprint density at radius 3 is 2.56 bits per heavy atom. The zero-order valence-electron chi connectivity index (χ0n) is 20.8. The van der Waals surface area contributed by atoms with E-state index in [1.54, 1.807) is 21.0 Å². The van der Waals surface area contributed by atoms with Gasteiger partial charge in [0.2, 0.25) is 5.91 Å². The second-order valence-electron chi connectivity index (χ2n) is 10.1. The third-order valence-electron chi connectivity index (χ3n) is 7.99. The van der Waals surface area contributed by atoms with Gasteiger partial charge in [-0.25, -0.2) is 23.1 Å². The van der Waals surface area contributed by atoms with Crippen LogP contribution < -0.4 is 10.2 Å². The van der Waals surface area contributed by atoms with Crippen LogP contribution in [0.4, 0.5) is 24.8 Å². The van der Waals surface area contributed by atoms with Crippen LogP contribution in [0.1, 0.15) is 55.8 Å². The summed E-state index contributed by atoms with van der Waals surface area (Å²) in [7, 11) is 3.63. The van der Waals surface area contributed by atoms with Crippen molar-refractivity contribution in [2.45, 2.75) is 44.8 Å². The Balaban J connectivity index is 1.53. The number of halogens is 3. The minimum absolute atomic E-state index is 0.0259.